The minimum Gasteiger partial charge on any atom is -0.481 e. The van der Waals surface area contributed by atoms with E-state index < -0.39 is 5.97 Å². The molecule has 0 unspecified atom stereocenters. The Kier molecular flexibility index (Phi) is 11.1. The van der Waals surface area contributed by atoms with Gasteiger partial charge in [0.2, 0.25) is 0 Å². The summed E-state index contributed by atoms with van der Waals surface area (Å²) < 4.78 is 0. The molecule has 4 nitrogen and oxygen atoms in total. The molecule has 1 aliphatic heterocycles. The predicted molar refractivity (Wildman–Crippen MR) is 79.8 cm³/mol. The summed E-state index contributed by atoms with van der Waals surface area (Å²) in [5, 5.41) is 8.32. The van der Waals surface area contributed by atoms with Crippen LogP contribution in [0.5, 0.6) is 0 Å². The quantitative estimate of drug-likeness (QED) is 0.686. The van der Waals surface area contributed by atoms with Crippen molar-refractivity contribution in [3.63, 3.8) is 0 Å². The second-order valence-corrected chi connectivity index (χ2v) is 5.01. The normalized spacial score (nSPS) is 13.4. The van der Waals surface area contributed by atoms with Gasteiger partial charge in [-0.1, -0.05) is 39.0 Å². The van der Waals surface area contributed by atoms with Gasteiger partial charge in [-0.25, -0.2) is 0 Å². The molecule has 0 saturated heterocycles. The molecule has 0 spiro atoms. The van der Waals surface area contributed by atoms with Crippen molar-refractivity contribution in [1.29, 1.82) is 0 Å². The highest BCUT2D eigenvalue weighted by Crippen LogP contribution is 2.06. The molecular weight excluding hydrogens is 240 g/mol. The highest BCUT2D eigenvalue weighted by atomic mass is 16.4. The third kappa shape index (κ3) is 11.6. The Hall–Kier alpha value is -1.19. The molecule has 0 aliphatic carbocycles. The highest BCUT2D eigenvalue weighted by Gasteiger charge is 2.03. The van der Waals surface area contributed by atoms with E-state index in [1.54, 1.807) is 0 Å². The first-order valence-corrected chi connectivity index (χ1v) is 7.44. The van der Waals surface area contributed by atoms with E-state index in [4.69, 9.17) is 5.11 Å². The molecule has 0 atom stereocenters. The second-order valence-electron chi connectivity index (χ2n) is 5.01. The van der Waals surface area contributed by atoms with Crippen LogP contribution in [-0.2, 0) is 4.79 Å². The maximum atomic E-state index is 10.1. The van der Waals surface area contributed by atoms with Crippen molar-refractivity contribution >= 4 is 5.97 Å². The number of nitrogens with zero attached hydrogens (tertiary/aromatic N) is 2. The number of carboxylic acids is 1. The maximum absolute atomic E-state index is 10.1. The molecule has 0 fully saturated rings. The molecule has 0 aromatic rings. The van der Waals surface area contributed by atoms with E-state index in [-0.39, 0.29) is 0 Å². The van der Waals surface area contributed by atoms with Gasteiger partial charge in [-0.05, 0) is 13.3 Å². The van der Waals surface area contributed by atoms with Gasteiger partial charge in [0, 0.05) is 32.4 Å². The lowest BCUT2D eigenvalue weighted by molar-refractivity contribution is -0.137. The zero-order chi connectivity index (χ0) is 14.5. The number of unbranched alkanes of at least 4 members (excludes halogenated alkanes) is 5. The van der Waals surface area contributed by atoms with Crippen molar-refractivity contribution in [3.05, 3.63) is 12.4 Å². The molecule has 0 aromatic carbocycles. The molecule has 0 radical (unpaired) electrons. The smallest absolute Gasteiger partial charge is 0.303 e. The van der Waals surface area contributed by atoms with Crippen LogP contribution in [0.2, 0.25) is 0 Å². The van der Waals surface area contributed by atoms with Gasteiger partial charge in [0.1, 0.15) is 0 Å². The minimum atomic E-state index is -0.666. The fourth-order valence-corrected chi connectivity index (χ4v) is 1.85. The Morgan fingerprint density at radius 2 is 1.74 bits per heavy atom. The molecule has 0 bridgehead atoms. The predicted octanol–water partition coefficient (Wildman–Crippen LogP) is 3.50. The second kappa shape index (κ2) is 11.9. The zero-order valence-electron chi connectivity index (χ0n) is 12.8. The monoisotopic (exact) mass is 270 g/mol. The lowest BCUT2D eigenvalue weighted by atomic mass is 10.1. The van der Waals surface area contributed by atoms with Crippen LogP contribution in [0.3, 0.4) is 0 Å². The molecule has 4 heteroatoms. The highest BCUT2D eigenvalue weighted by molar-refractivity contribution is 5.66. The number of rotatable bonds is 8. The summed E-state index contributed by atoms with van der Waals surface area (Å²) >= 11 is 0. The van der Waals surface area contributed by atoms with Gasteiger partial charge in [-0.15, -0.1) is 0 Å². The van der Waals surface area contributed by atoms with E-state index in [1.165, 1.54) is 25.7 Å². The van der Waals surface area contributed by atoms with E-state index in [9.17, 15) is 4.79 Å². The van der Waals surface area contributed by atoms with Gasteiger partial charge >= 0.3 is 5.97 Å². The third-order valence-electron chi connectivity index (χ3n) is 3.09. The largest absolute Gasteiger partial charge is 0.481 e. The first-order chi connectivity index (χ1) is 9.10. The third-order valence-corrected chi connectivity index (χ3v) is 3.09. The van der Waals surface area contributed by atoms with Crippen molar-refractivity contribution in [2.45, 2.75) is 58.8 Å². The Morgan fingerprint density at radius 1 is 1.11 bits per heavy atom. The van der Waals surface area contributed by atoms with Crippen LogP contribution >= 0.6 is 0 Å². The Balaban J connectivity index is 0.000000356. The van der Waals surface area contributed by atoms with E-state index in [0.29, 0.717) is 6.42 Å². The summed E-state index contributed by atoms with van der Waals surface area (Å²) in [6.45, 7) is 6.50. The topological polar surface area (TPSA) is 43.8 Å². The van der Waals surface area contributed by atoms with Crippen LogP contribution in [0, 0.1) is 0 Å². The summed E-state index contributed by atoms with van der Waals surface area (Å²) in [5.74, 6) is -0.666. The molecule has 1 heterocycles. The van der Waals surface area contributed by atoms with E-state index in [0.717, 1.165) is 26.1 Å². The number of hydrogen-bond donors (Lipinski definition) is 1. The van der Waals surface area contributed by atoms with Gasteiger partial charge < -0.3 is 14.9 Å². The molecule has 0 aromatic heterocycles. The van der Waals surface area contributed by atoms with Gasteiger partial charge in [0.15, 0.2) is 0 Å². The number of aliphatic carboxylic acids is 1. The zero-order valence-corrected chi connectivity index (χ0v) is 12.8. The summed E-state index contributed by atoms with van der Waals surface area (Å²) in [6.07, 6.45) is 11.4. The van der Waals surface area contributed by atoms with E-state index in [2.05, 4.69) is 43.1 Å². The average Bonchev–Trinajstić information content (AvgIpc) is 2.80. The molecular formula is C15H30N2O2. The van der Waals surface area contributed by atoms with Crippen molar-refractivity contribution < 1.29 is 9.90 Å². The van der Waals surface area contributed by atoms with Crippen LogP contribution in [0.25, 0.3) is 0 Å². The molecule has 0 amide bonds. The van der Waals surface area contributed by atoms with Crippen molar-refractivity contribution in [3.8, 4) is 0 Å². The molecule has 1 aliphatic rings. The molecule has 1 N–H and O–H groups in total. The number of carboxylic acid groups (broad SMARTS) is 1. The lowest BCUT2D eigenvalue weighted by Crippen LogP contribution is -2.21. The summed E-state index contributed by atoms with van der Waals surface area (Å²) in [7, 11) is 2.08. The van der Waals surface area contributed by atoms with Crippen LogP contribution < -0.4 is 0 Å². The lowest BCUT2D eigenvalue weighted by Gasteiger charge is -2.14. The molecule has 112 valence electrons. The first-order valence-electron chi connectivity index (χ1n) is 7.44. The minimum absolute atomic E-state index is 0.339. The summed E-state index contributed by atoms with van der Waals surface area (Å²) in [5.41, 5.74) is 0. The number of hydrogen-bond acceptors (Lipinski definition) is 3. The fraction of sp³-hybridized carbons (Fsp3) is 0.800. The fourth-order valence-electron chi connectivity index (χ4n) is 1.85. The maximum Gasteiger partial charge on any atom is 0.303 e. The van der Waals surface area contributed by atoms with Gasteiger partial charge in [-0.3, -0.25) is 4.79 Å². The van der Waals surface area contributed by atoms with Crippen molar-refractivity contribution in [1.82, 2.24) is 9.80 Å². The number of carbonyl (C=O) groups is 1. The Bertz CT molecular complexity index is 255. The average molecular weight is 270 g/mol. The van der Waals surface area contributed by atoms with Crippen LogP contribution in [0.4, 0.5) is 0 Å². The molecule has 19 heavy (non-hydrogen) atoms. The summed E-state index contributed by atoms with van der Waals surface area (Å²) in [4.78, 5) is 14.5. The van der Waals surface area contributed by atoms with Crippen molar-refractivity contribution in [2.75, 3.05) is 20.3 Å². The summed E-state index contributed by atoms with van der Waals surface area (Å²) in [6, 6.07) is 0. The first kappa shape index (κ1) is 17.8. The molecule has 0 saturated carbocycles. The van der Waals surface area contributed by atoms with Crippen LogP contribution in [-0.4, -0.2) is 41.1 Å². The SMILES string of the molecule is CCCCCCCCC(=O)O.CCN1C=CN(C)C1. The molecule has 1 rings (SSSR count). The van der Waals surface area contributed by atoms with Gasteiger partial charge in [-0.2, -0.15) is 0 Å². The Morgan fingerprint density at radius 3 is 2.16 bits per heavy atom. The van der Waals surface area contributed by atoms with E-state index in [1.807, 2.05) is 0 Å². The van der Waals surface area contributed by atoms with E-state index >= 15 is 0 Å². The van der Waals surface area contributed by atoms with Crippen LogP contribution in [0.1, 0.15) is 58.8 Å². The van der Waals surface area contributed by atoms with Gasteiger partial charge in [0.25, 0.3) is 0 Å². The van der Waals surface area contributed by atoms with Gasteiger partial charge in [0.05, 0.1) is 6.67 Å². The van der Waals surface area contributed by atoms with Crippen molar-refractivity contribution in [2.24, 2.45) is 0 Å². The Labute approximate surface area is 118 Å². The van der Waals surface area contributed by atoms with Crippen LogP contribution in [0.15, 0.2) is 12.4 Å². The standard InChI is InChI=1S/C9H18O2.C6H12N2/c1-2-3-4-5-6-7-8-9(10)11;1-3-8-5-4-7(2)6-8/h2-8H2,1H3,(H,10,11);4-5H,3,6H2,1-2H3.